The number of halogens is 2. The Morgan fingerprint density at radius 1 is 1.33 bits per heavy atom. The van der Waals surface area contributed by atoms with Crippen molar-refractivity contribution in [1.29, 1.82) is 5.26 Å². The maximum Gasteiger partial charge on any atom is 0.243 e. The minimum Gasteiger partial charge on any atom is -0.207 e. The Balaban J connectivity index is 2.23. The molecule has 0 amide bonds. The Morgan fingerprint density at radius 2 is 2.00 bits per heavy atom. The molecule has 0 bridgehead atoms. The minimum absolute atomic E-state index is 0.00846. The molecule has 4 nitrogen and oxygen atoms in total. The summed E-state index contributed by atoms with van der Waals surface area (Å²) in [6, 6.07) is 4.33. The van der Waals surface area contributed by atoms with Crippen LogP contribution in [0, 0.1) is 23.1 Å². The molecule has 1 aliphatic carbocycles. The summed E-state index contributed by atoms with van der Waals surface area (Å²) in [6.07, 6.45) is 4.73. The van der Waals surface area contributed by atoms with Crippen molar-refractivity contribution in [3.05, 3.63) is 29.0 Å². The number of hydrogen-bond acceptors (Lipinski definition) is 3. The van der Waals surface area contributed by atoms with Gasteiger partial charge in [0.25, 0.3) is 0 Å². The highest BCUT2D eigenvalue weighted by Crippen LogP contribution is 2.28. The van der Waals surface area contributed by atoms with Crippen LogP contribution in [0.15, 0.2) is 23.1 Å². The average molecular weight is 331 g/mol. The van der Waals surface area contributed by atoms with Gasteiger partial charge in [-0.15, -0.1) is 0 Å². The van der Waals surface area contributed by atoms with Crippen LogP contribution in [-0.4, -0.2) is 14.5 Å². The second kappa shape index (κ2) is 6.73. The van der Waals surface area contributed by atoms with Gasteiger partial charge in [-0.3, -0.25) is 0 Å². The zero-order chi connectivity index (χ0) is 15.5. The Hall–Kier alpha value is -1.16. The van der Waals surface area contributed by atoms with Crippen molar-refractivity contribution in [2.75, 3.05) is 0 Å². The summed E-state index contributed by atoms with van der Waals surface area (Å²) in [4.78, 5) is -0.333. The summed E-state index contributed by atoms with van der Waals surface area (Å²) >= 11 is 5.82. The van der Waals surface area contributed by atoms with Crippen molar-refractivity contribution >= 4 is 21.6 Å². The van der Waals surface area contributed by atoms with E-state index in [9.17, 15) is 18.1 Å². The zero-order valence-electron chi connectivity index (χ0n) is 11.4. The topological polar surface area (TPSA) is 70.0 Å². The van der Waals surface area contributed by atoms with Crippen LogP contribution in [0.2, 0.25) is 5.02 Å². The van der Waals surface area contributed by atoms with E-state index in [1.165, 1.54) is 6.07 Å². The first-order chi connectivity index (χ1) is 9.94. The third-order valence-corrected chi connectivity index (χ3v) is 5.65. The van der Waals surface area contributed by atoms with Crippen LogP contribution in [0.3, 0.4) is 0 Å². The van der Waals surface area contributed by atoms with Gasteiger partial charge in [-0.25, -0.2) is 12.8 Å². The van der Waals surface area contributed by atoms with Gasteiger partial charge in [0.05, 0.1) is 11.1 Å². The Bertz CT molecular complexity index is 651. The fourth-order valence-electron chi connectivity index (χ4n) is 2.61. The third kappa shape index (κ3) is 3.94. The summed E-state index contributed by atoms with van der Waals surface area (Å²) in [6.45, 7) is 0. The number of benzene rings is 1. The molecule has 0 heterocycles. The molecule has 0 radical (unpaired) electrons. The molecule has 21 heavy (non-hydrogen) atoms. The highest BCUT2D eigenvalue weighted by molar-refractivity contribution is 7.89. The molecule has 1 fully saturated rings. The molecule has 2 rings (SSSR count). The van der Waals surface area contributed by atoms with Gasteiger partial charge in [0.15, 0.2) is 0 Å². The number of rotatable bonds is 4. The highest BCUT2D eigenvalue weighted by atomic mass is 35.5. The molecule has 1 atom stereocenters. The van der Waals surface area contributed by atoms with Crippen LogP contribution < -0.4 is 4.72 Å². The second-order valence-electron chi connectivity index (χ2n) is 5.20. The first-order valence-corrected chi connectivity index (χ1v) is 8.67. The molecule has 0 spiro atoms. The van der Waals surface area contributed by atoms with E-state index in [2.05, 4.69) is 4.72 Å². The molecule has 1 saturated carbocycles. The standard InChI is InChI=1S/C14H16ClFN2O2S/c15-12-7-6-11(16)8-14(12)21(19,20)18-13(9-17)10-4-2-1-3-5-10/h6-8,10,13,18H,1-5H2. The van der Waals surface area contributed by atoms with Crippen molar-refractivity contribution in [1.82, 2.24) is 4.72 Å². The lowest BCUT2D eigenvalue weighted by atomic mass is 9.85. The number of hydrogen-bond donors (Lipinski definition) is 1. The number of nitrogens with zero attached hydrogens (tertiary/aromatic N) is 1. The fraction of sp³-hybridized carbons (Fsp3) is 0.500. The second-order valence-corrected chi connectivity index (χ2v) is 7.29. The van der Waals surface area contributed by atoms with Crippen molar-refractivity contribution < 1.29 is 12.8 Å². The molecule has 1 unspecified atom stereocenters. The first kappa shape index (κ1) is 16.2. The van der Waals surface area contributed by atoms with Gasteiger partial charge in [-0.2, -0.15) is 9.98 Å². The van der Waals surface area contributed by atoms with Crippen LogP contribution >= 0.6 is 11.6 Å². The molecular weight excluding hydrogens is 315 g/mol. The SMILES string of the molecule is N#CC(NS(=O)(=O)c1cc(F)ccc1Cl)C1CCCCC1. The van der Waals surface area contributed by atoms with Crippen molar-refractivity contribution in [2.24, 2.45) is 5.92 Å². The lowest BCUT2D eigenvalue weighted by Gasteiger charge is -2.26. The van der Waals surface area contributed by atoms with Gasteiger partial charge in [0, 0.05) is 0 Å². The monoisotopic (exact) mass is 330 g/mol. The molecule has 1 N–H and O–H groups in total. The molecule has 1 aromatic carbocycles. The van der Waals surface area contributed by atoms with Crippen LogP contribution in [0.25, 0.3) is 0 Å². The van der Waals surface area contributed by atoms with Crippen molar-refractivity contribution in [3.63, 3.8) is 0 Å². The summed E-state index contributed by atoms with van der Waals surface area (Å²) in [7, 11) is -4.02. The normalized spacial score (nSPS) is 18.1. The van der Waals surface area contributed by atoms with Crippen molar-refractivity contribution in [3.8, 4) is 6.07 Å². The molecule has 1 aromatic rings. The smallest absolute Gasteiger partial charge is 0.207 e. The molecule has 0 aliphatic heterocycles. The van der Waals surface area contributed by atoms with Crippen LogP contribution in [0.5, 0.6) is 0 Å². The molecular formula is C14H16ClFN2O2S. The maximum absolute atomic E-state index is 13.2. The van der Waals surface area contributed by atoms with Gasteiger partial charge in [-0.1, -0.05) is 30.9 Å². The molecule has 1 aliphatic rings. The number of nitriles is 1. The van der Waals surface area contributed by atoms with Crippen LogP contribution in [0.1, 0.15) is 32.1 Å². The van der Waals surface area contributed by atoms with E-state index in [-0.39, 0.29) is 15.8 Å². The van der Waals surface area contributed by atoms with Gasteiger partial charge in [-0.05, 0) is 37.0 Å². The number of nitrogens with one attached hydrogen (secondary N) is 1. The van der Waals surface area contributed by atoms with E-state index >= 15 is 0 Å². The van der Waals surface area contributed by atoms with E-state index in [1.54, 1.807) is 0 Å². The number of sulfonamides is 1. The fourth-order valence-corrected chi connectivity index (χ4v) is 4.33. The van der Waals surface area contributed by atoms with Gasteiger partial charge in [0.2, 0.25) is 10.0 Å². The van der Waals surface area contributed by atoms with Crippen molar-refractivity contribution in [2.45, 2.75) is 43.0 Å². The molecule has 7 heteroatoms. The molecule has 0 aromatic heterocycles. The van der Waals surface area contributed by atoms with E-state index < -0.39 is 21.9 Å². The molecule has 0 saturated heterocycles. The van der Waals surface area contributed by atoms with Crippen LogP contribution in [-0.2, 0) is 10.0 Å². The van der Waals surface area contributed by atoms with E-state index in [1.807, 2.05) is 6.07 Å². The van der Waals surface area contributed by atoms with Gasteiger partial charge >= 0.3 is 0 Å². The summed E-state index contributed by atoms with van der Waals surface area (Å²) in [5.74, 6) is -0.697. The third-order valence-electron chi connectivity index (χ3n) is 3.73. The predicted octanol–water partition coefficient (Wildman–Crippen LogP) is 3.23. The van der Waals surface area contributed by atoms with E-state index in [4.69, 9.17) is 11.6 Å². The Kier molecular flexibility index (Phi) is 5.20. The van der Waals surface area contributed by atoms with E-state index in [0.717, 1.165) is 44.2 Å². The Morgan fingerprint density at radius 3 is 2.62 bits per heavy atom. The van der Waals surface area contributed by atoms with E-state index in [0.29, 0.717) is 0 Å². The lowest BCUT2D eigenvalue weighted by molar-refractivity contribution is 0.324. The van der Waals surface area contributed by atoms with Crippen LogP contribution in [0.4, 0.5) is 4.39 Å². The largest absolute Gasteiger partial charge is 0.243 e. The maximum atomic E-state index is 13.2. The quantitative estimate of drug-likeness (QED) is 0.921. The Labute approximate surface area is 129 Å². The van der Waals surface area contributed by atoms with Gasteiger partial charge in [0.1, 0.15) is 16.8 Å². The van der Waals surface area contributed by atoms with Gasteiger partial charge < -0.3 is 0 Å². The predicted molar refractivity (Wildman–Crippen MR) is 77.7 cm³/mol. The summed E-state index contributed by atoms with van der Waals surface area (Å²) in [5.41, 5.74) is 0. The minimum atomic E-state index is -4.02. The highest BCUT2D eigenvalue weighted by Gasteiger charge is 2.29. The zero-order valence-corrected chi connectivity index (χ0v) is 12.9. The average Bonchev–Trinajstić information content (AvgIpc) is 2.48. The summed E-state index contributed by atoms with van der Waals surface area (Å²) < 4.78 is 40.2. The summed E-state index contributed by atoms with van der Waals surface area (Å²) in [5, 5.41) is 9.16. The molecule has 114 valence electrons. The lowest BCUT2D eigenvalue weighted by Crippen LogP contribution is -2.40. The first-order valence-electron chi connectivity index (χ1n) is 6.81.